The first-order valence-corrected chi connectivity index (χ1v) is 10.6. The molecular formula is C23H22BrClN2O. The minimum atomic E-state index is 0.696. The maximum Gasteiger partial charge on any atom is 0.128 e. The van der Waals surface area contributed by atoms with Crippen molar-refractivity contribution in [3.05, 3.63) is 63.6 Å². The number of H-pyrrole nitrogens is 1. The number of benzene rings is 3. The van der Waals surface area contributed by atoms with Gasteiger partial charge in [0, 0.05) is 15.4 Å². The van der Waals surface area contributed by atoms with Crippen LogP contribution in [0.3, 0.4) is 0 Å². The third kappa shape index (κ3) is 3.52. The Morgan fingerprint density at radius 2 is 1.82 bits per heavy atom. The van der Waals surface area contributed by atoms with Crippen LogP contribution in [0.25, 0.3) is 32.9 Å². The molecule has 4 rings (SSSR count). The largest absolute Gasteiger partial charge is 0.496 e. The lowest BCUT2D eigenvalue weighted by Crippen LogP contribution is -1.99. The molecule has 4 aromatic rings. The zero-order valence-corrected chi connectivity index (χ0v) is 18.0. The third-order valence-corrected chi connectivity index (χ3v) is 5.91. The predicted octanol–water partition coefficient (Wildman–Crippen LogP) is 6.69. The van der Waals surface area contributed by atoms with Crippen LogP contribution in [-0.2, 0) is 6.42 Å². The Balaban J connectivity index is 1.98. The number of nitrogens with two attached hydrogens (primary N) is 1. The van der Waals surface area contributed by atoms with Gasteiger partial charge in [-0.2, -0.15) is 0 Å². The van der Waals surface area contributed by atoms with E-state index in [4.69, 9.17) is 22.1 Å². The summed E-state index contributed by atoms with van der Waals surface area (Å²) in [4.78, 5) is 3.58. The van der Waals surface area contributed by atoms with Crippen molar-refractivity contribution in [2.24, 2.45) is 5.73 Å². The summed E-state index contributed by atoms with van der Waals surface area (Å²) in [6.45, 7) is 0.696. The van der Waals surface area contributed by atoms with Crippen molar-refractivity contribution in [1.82, 2.24) is 4.98 Å². The number of methoxy groups -OCH3 is 1. The summed E-state index contributed by atoms with van der Waals surface area (Å²) in [7, 11) is 1.72. The van der Waals surface area contributed by atoms with Crippen molar-refractivity contribution < 1.29 is 4.74 Å². The van der Waals surface area contributed by atoms with Gasteiger partial charge in [0.1, 0.15) is 5.75 Å². The van der Waals surface area contributed by atoms with E-state index in [-0.39, 0.29) is 0 Å². The molecular weight excluding hydrogens is 436 g/mol. The van der Waals surface area contributed by atoms with E-state index in [9.17, 15) is 0 Å². The fourth-order valence-corrected chi connectivity index (χ4v) is 4.65. The molecule has 144 valence electrons. The number of ether oxygens (including phenoxy) is 1. The Morgan fingerprint density at radius 3 is 2.54 bits per heavy atom. The molecule has 3 aromatic carbocycles. The summed E-state index contributed by atoms with van der Waals surface area (Å²) in [5.74, 6) is 0.848. The van der Waals surface area contributed by atoms with Crippen molar-refractivity contribution in [3.63, 3.8) is 0 Å². The number of aromatic nitrogens is 1. The van der Waals surface area contributed by atoms with Gasteiger partial charge in [-0.15, -0.1) is 0 Å². The molecule has 0 spiro atoms. The molecule has 1 aromatic heterocycles. The normalized spacial score (nSPS) is 11.4. The van der Waals surface area contributed by atoms with Crippen LogP contribution in [0.5, 0.6) is 5.75 Å². The van der Waals surface area contributed by atoms with Crippen LogP contribution in [0.15, 0.2) is 53.0 Å². The fraction of sp³-hybridized carbons (Fsp3) is 0.217. The summed E-state index contributed by atoms with van der Waals surface area (Å²) in [6.07, 6.45) is 2.94. The summed E-state index contributed by atoms with van der Waals surface area (Å²) in [6, 6.07) is 16.7. The van der Waals surface area contributed by atoms with E-state index in [1.54, 1.807) is 7.11 Å². The molecule has 0 bridgehead atoms. The van der Waals surface area contributed by atoms with Crippen molar-refractivity contribution in [3.8, 4) is 17.0 Å². The van der Waals surface area contributed by atoms with Crippen molar-refractivity contribution in [1.29, 1.82) is 0 Å². The minimum Gasteiger partial charge on any atom is -0.496 e. The molecule has 0 aliphatic rings. The molecule has 5 heteroatoms. The number of nitrogens with one attached hydrogen (secondary N) is 1. The molecule has 0 amide bonds. The fourth-order valence-electron chi connectivity index (χ4n) is 3.79. The highest BCUT2D eigenvalue weighted by atomic mass is 79.9. The number of hydrogen-bond donors (Lipinski definition) is 2. The summed E-state index contributed by atoms with van der Waals surface area (Å²) in [5.41, 5.74) is 10.0. The number of hydrogen-bond acceptors (Lipinski definition) is 2. The molecule has 0 atom stereocenters. The molecule has 3 N–H and O–H groups in total. The van der Waals surface area contributed by atoms with Crippen LogP contribution < -0.4 is 10.5 Å². The van der Waals surface area contributed by atoms with Gasteiger partial charge < -0.3 is 15.5 Å². The monoisotopic (exact) mass is 456 g/mol. The van der Waals surface area contributed by atoms with Crippen LogP contribution in [0.2, 0.25) is 5.02 Å². The standard InChI is InChI=1S/C23H22BrClN2O/c1-28-21-11-15-7-3-2-6-14(15)10-19(21)22-17(8-4-5-9-26)18-12-16(24)13-20(25)23(18)27-22/h2-3,6-7,10-13,27H,4-5,8-9,26H2,1H3. The van der Waals surface area contributed by atoms with Crippen molar-refractivity contribution >= 4 is 49.2 Å². The van der Waals surface area contributed by atoms with Crippen LogP contribution in [0.4, 0.5) is 0 Å². The number of halogens is 2. The molecule has 0 unspecified atom stereocenters. The molecule has 0 fully saturated rings. The predicted molar refractivity (Wildman–Crippen MR) is 122 cm³/mol. The number of aromatic amines is 1. The number of aryl methyl sites for hydroxylation is 1. The van der Waals surface area contributed by atoms with Gasteiger partial charge >= 0.3 is 0 Å². The lowest BCUT2D eigenvalue weighted by atomic mass is 9.97. The summed E-state index contributed by atoms with van der Waals surface area (Å²) < 4.78 is 6.73. The van der Waals surface area contributed by atoms with E-state index in [1.807, 2.05) is 12.1 Å². The Hall–Kier alpha value is -2.01. The molecule has 0 aliphatic heterocycles. The van der Waals surface area contributed by atoms with Crippen molar-refractivity contribution in [2.45, 2.75) is 19.3 Å². The lowest BCUT2D eigenvalue weighted by Gasteiger charge is -2.12. The van der Waals surface area contributed by atoms with Crippen LogP contribution in [-0.4, -0.2) is 18.6 Å². The quantitative estimate of drug-likeness (QED) is 0.317. The second kappa shape index (κ2) is 8.16. The first-order chi connectivity index (χ1) is 13.6. The number of fused-ring (bicyclic) bond motifs is 2. The SMILES string of the molecule is COc1cc2ccccc2cc1-c1[nH]c2c(Cl)cc(Br)cc2c1CCCCN. The van der Waals surface area contributed by atoms with Crippen LogP contribution in [0.1, 0.15) is 18.4 Å². The molecule has 0 aliphatic carbocycles. The van der Waals surface area contributed by atoms with Gasteiger partial charge in [0.2, 0.25) is 0 Å². The lowest BCUT2D eigenvalue weighted by molar-refractivity contribution is 0.417. The van der Waals surface area contributed by atoms with Crippen molar-refractivity contribution in [2.75, 3.05) is 13.7 Å². The van der Waals surface area contributed by atoms with Gasteiger partial charge in [-0.1, -0.05) is 51.8 Å². The minimum absolute atomic E-state index is 0.696. The van der Waals surface area contributed by atoms with Gasteiger partial charge in [-0.05, 0) is 66.4 Å². The third-order valence-electron chi connectivity index (χ3n) is 5.15. The average molecular weight is 458 g/mol. The zero-order valence-electron chi connectivity index (χ0n) is 15.7. The molecule has 0 saturated heterocycles. The first-order valence-electron chi connectivity index (χ1n) is 9.39. The zero-order chi connectivity index (χ0) is 19.7. The molecule has 0 radical (unpaired) electrons. The van der Waals surface area contributed by atoms with Gasteiger partial charge in [-0.25, -0.2) is 0 Å². The van der Waals surface area contributed by atoms with Gasteiger partial charge in [-0.3, -0.25) is 0 Å². The van der Waals surface area contributed by atoms with E-state index in [1.165, 1.54) is 10.9 Å². The van der Waals surface area contributed by atoms with E-state index in [0.717, 1.165) is 57.0 Å². The van der Waals surface area contributed by atoms with E-state index in [2.05, 4.69) is 57.3 Å². The van der Waals surface area contributed by atoms with Crippen LogP contribution >= 0.6 is 27.5 Å². The molecule has 3 nitrogen and oxygen atoms in total. The van der Waals surface area contributed by atoms with Gasteiger partial charge in [0.05, 0.1) is 23.3 Å². The average Bonchev–Trinajstić information content (AvgIpc) is 3.06. The Morgan fingerprint density at radius 1 is 1.07 bits per heavy atom. The maximum absolute atomic E-state index is 6.55. The summed E-state index contributed by atoms with van der Waals surface area (Å²) in [5, 5.41) is 4.18. The molecule has 1 heterocycles. The van der Waals surface area contributed by atoms with Gasteiger partial charge in [0.15, 0.2) is 0 Å². The topological polar surface area (TPSA) is 51.0 Å². The number of unbranched alkanes of at least 4 members (excludes halogenated alkanes) is 1. The summed E-state index contributed by atoms with van der Waals surface area (Å²) >= 11 is 10.1. The second-order valence-electron chi connectivity index (χ2n) is 6.93. The molecule has 28 heavy (non-hydrogen) atoms. The van der Waals surface area contributed by atoms with E-state index >= 15 is 0 Å². The van der Waals surface area contributed by atoms with E-state index < -0.39 is 0 Å². The highest BCUT2D eigenvalue weighted by Gasteiger charge is 2.19. The van der Waals surface area contributed by atoms with Gasteiger partial charge in [0.25, 0.3) is 0 Å². The molecule has 0 saturated carbocycles. The Labute approximate surface area is 178 Å². The number of rotatable bonds is 6. The highest BCUT2D eigenvalue weighted by molar-refractivity contribution is 9.10. The second-order valence-corrected chi connectivity index (χ2v) is 8.26. The van der Waals surface area contributed by atoms with E-state index in [0.29, 0.717) is 11.6 Å². The maximum atomic E-state index is 6.55. The highest BCUT2D eigenvalue weighted by Crippen LogP contribution is 2.41. The first kappa shape index (κ1) is 19.3. The smallest absolute Gasteiger partial charge is 0.128 e. The Bertz CT molecular complexity index is 1150. The van der Waals surface area contributed by atoms with Crippen LogP contribution in [0, 0.1) is 0 Å². The Kier molecular flexibility index (Phi) is 5.63.